The number of nitrogens with one attached hydrogen (secondary N) is 1. The lowest BCUT2D eigenvalue weighted by Crippen LogP contribution is -1.97. The topological polar surface area (TPSA) is 37.9 Å². The predicted molar refractivity (Wildman–Crippen MR) is 53.9 cm³/mol. The number of aromatic nitrogens is 2. The van der Waals surface area contributed by atoms with Gasteiger partial charge in [0.05, 0.1) is 11.0 Å². The number of halogens is 2. The number of imidazole rings is 1. The fourth-order valence-electron chi connectivity index (χ4n) is 1.97. The van der Waals surface area contributed by atoms with Crippen molar-refractivity contribution in [3.05, 3.63) is 29.6 Å². The van der Waals surface area contributed by atoms with Crippen LogP contribution in [0.4, 0.5) is 8.78 Å². The summed E-state index contributed by atoms with van der Waals surface area (Å²) >= 11 is 0. The molecular weight excluding hydrogens is 214 g/mol. The second kappa shape index (κ2) is 3.52. The minimum atomic E-state index is -0.877. The largest absolute Gasteiger partial charge is 0.370 e. The number of hydrogen-bond acceptors (Lipinski definition) is 2. The van der Waals surface area contributed by atoms with E-state index < -0.39 is 11.6 Å². The SMILES string of the molecule is Fc1cc2nc(C3CCCO3)[nH]c2cc1F. The van der Waals surface area contributed by atoms with E-state index >= 15 is 0 Å². The molecule has 3 nitrogen and oxygen atoms in total. The average Bonchev–Trinajstić information content (AvgIpc) is 2.86. The van der Waals surface area contributed by atoms with Gasteiger partial charge in [-0.05, 0) is 12.8 Å². The van der Waals surface area contributed by atoms with Crippen LogP contribution in [0.25, 0.3) is 11.0 Å². The molecule has 84 valence electrons. The highest BCUT2D eigenvalue weighted by Gasteiger charge is 2.21. The van der Waals surface area contributed by atoms with Crippen LogP contribution in [0.5, 0.6) is 0 Å². The van der Waals surface area contributed by atoms with Crippen LogP contribution in [-0.4, -0.2) is 16.6 Å². The van der Waals surface area contributed by atoms with Crippen molar-refractivity contribution in [1.29, 1.82) is 0 Å². The first kappa shape index (κ1) is 9.72. The highest BCUT2D eigenvalue weighted by Crippen LogP contribution is 2.28. The molecule has 1 aliphatic heterocycles. The van der Waals surface area contributed by atoms with Gasteiger partial charge in [0.15, 0.2) is 11.6 Å². The number of aromatic amines is 1. The van der Waals surface area contributed by atoms with E-state index in [1.165, 1.54) is 0 Å². The lowest BCUT2D eigenvalue weighted by atomic mass is 10.2. The van der Waals surface area contributed by atoms with Crippen LogP contribution in [-0.2, 0) is 4.74 Å². The van der Waals surface area contributed by atoms with Crippen molar-refractivity contribution in [2.24, 2.45) is 0 Å². The molecule has 2 heterocycles. The monoisotopic (exact) mass is 224 g/mol. The van der Waals surface area contributed by atoms with Gasteiger partial charge in [0.2, 0.25) is 0 Å². The molecule has 1 saturated heterocycles. The third-order valence-electron chi connectivity index (χ3n) is 2.78. The maximum absolute atomic E-state index is 13.0. The van der Waals surface area contributed by atoms with Crippen molar-refractivity contribution in [2.45, 2.75) is 18.9 Å². The normalized spacial score (nSPS) is 20.8. The van der Waals surface area contributed by atoms with Gasteiger partial charge < -0.3 is 9.72 Å². The van der Waals surface area contributed by atoms with Crippen LogP contribution in [0, 0.1) is 11.6 Å². The summed E-state index contributed by atoms with van der Waals surface area (Å²) in [4.78, 5) is 7.17. The lowest BCUT2D eigenvalue weighted by molar-refractivity contribution is 0.106. The Balaban J connectivity index is 2.08. The van der Waals surface area contributed by atoms with Crippen molar-refractivity contribution in [1.82, 2.24) is 9.97 Å². The van der Waals surface area contributed by atoms with E-state index in [2.05, 4.69) is 9.97 Å². The van der Waals surface area contributed by atoms with Crippen LogP contribution < -0.4 is 0 Å². The molecule has 0 bridgehead atoms. The first-order valence-electron chi connectivity index (χ1n) is 5.20. The van der Waals surface area contributed by atoms with Gasteiger partial charge in [-0.2, -0.15) is 0 Å². The number of ether oxygens (including phenoxy) is 1. The molecule has 1 fully saturated rings. The molecule has 2 aromatic rings. The van der Waals surface area contributed by atoms with E-state index in [1.807, 2.05) is 0 Å². The van der Waals surface area contributed by atoms with Crippen molar-refractivity contribution in [3.63, 3.8) is 0 Å². The molecule has 1 unspecified atom stereocenters. The smallest absolute Gasteiger partial charge is 0.161 e. The first-order chi connectivity index (χ1) is 7.74. The van der Waals surface area contributed by atoms with Gasteiger partial charge in [-0.15, -0.1) is 0 Å². The minimum Gasteiger partial charge on any atom is -0.370 e. The summed E-state index contributed by atoms with van der Waals surface area (Å²) in [7, 11) is 0. The van der Waals surface area contributed by atoms with E-state index in [0.717, 1.165) is 25.0 Å². The molecule has 0 spiro atoms. The molecule has 0 saturated carbocycles. The Bertz CT molecular complexity index is 493. The Hall–Kier alpha value is -1.49. The van der Waals surface area contributed by atoms with Crippen LogP contribution in [0.15, 0.2) is 12.1 Å². The molecule has 1 aliphatic rings. The maximum atomic E-state index is 13.0. The molecule has 1 N–H and O–H groups in total. The number of H-pyrrole nitrogens is 1. The third kappa shape index (κ3) is 1.48. The molecule has 3 rings (SSSR count). The van der Waals surface area contributed by atoms with Crippen molar-refractivity contribution in [2.75, 3.05) is 6.61 Å². The van der Waals surface area contributed by atoms with Gasteiger partial charge in [-0.1, -0.05) is 0 Å². The average molecular weight is 224 g/mol. The van der Waals surface area contributed by atoms with Gasteiger partial charge in [-0.3, -0.25) is 0 Å². The molecule has 5 heteroatoms. The highest BCUT2D eigenvalue weighted by atomic mass is 19.2. The Kier molecular flexibility index (Phi) is 2.14. The van der Waals surface area contributed by atoms with Gasteiger partial charge in [0, 0.05) is 18.7 Å². The van der Waals surface area contributed by atoms with E-state index in [4.69, 9.17) is 4.74 Å². The number of hydrogen-bond donors (Lipinski definition) is 1. The summed E-state index contributed by atoms with van der Waals surface area (Å²) in [6, 6.07) is 2.22. The zero-order valence-electron chi connectivity index (χ0n) is 8.46. The van der Waals surface area contributed by atoms with Crippen LogP contribution in [0.1, 0.15) is 24.8 Å². The molecule has 0 aliphatic carbocycles. The number of rotatable bonds is 1. The molecule has 1 atom stereocenters. The quantitative estimate of drug-likeness (QED) is 0.808. The Morgan fingerprint density at radius 2 is 2.12 bits per heavy atom. The predicted octanol–water partition coefficient (Wildman–Crippen LogP) is 2.69. The summed E-state index contributed by atoms with van der Waals surface area (Å²) in [6.45, 7) is 0.713. The maximum Gasteiger partial charge on any atom is 0.161 e. The summed E-state index contributed by atoms with van der Waals surface area (Å²) in [6.07, 6.45) is 1.81. The molecule has 1 aromatic carbocycles. The second-order valence-corrected chi connectivity index (χ2v) is 3.91. The second-order valence-electron chi connectivity index (χ2n) is 3.91. The highest BCUT2D eigenvalue weighted by molar-refractivity contribution is 5.75. The Labute approximate surface area is 90.4 Å². The van der Waals surface area contributed by atoms with Crippen LogP contribution in [0.3, 0.4) is 0 Å². The van der Waals surface area contributed by atoms with Gasteiger partial charge in [0.25, 0.3) is 0 Å². The summed E-state index contributed by atoms with van der Waals surface area (Å²) < 4.78 is 31.4. The molecule has 1 aromatic heterocycles. The van der Waals surface area contributed by atoms with Crippen molar-refractivity contribution in [3.8, 4) is 0 Å². The van der Waals surface area contributed by atoms with E-state index in [0.29, 0.717) is 23.5 Å². The zero-order valence-corrected chi connectivity index (χ0v) is 8.46. The van der Waals surface area contributed by atoms with E-state index in [9.17, 15) is 8.78 Å². The minimum absolute atomic E-state index is 0.0708. The first-order valence-corrected chi connectivity index (χ1v) is 5.20. The van der Waals surface area contributed by atoms with Gasteiger partial charge in [0.1, 0.15) is 11.9 Å². The summed E-state index contributed by atoms with van der Waals surface area (Å²) in [5.41, 5.74) is 0.939. The van der Waals surface area contributed by atoms with Crippen LogP contribution in [0.2, 0.25) is 0 Å². The van der Waals surface area contributed by atoms with Gasteiger partial charge >= 0.3 is 0 Å². The third-order valence-corrected chi connectivity index (χ3v) is 2.78. The Morgan fingerprint density at radius 1 is 1.31 bits per heavy atom. The van der Waals surface area contributed by atoms with Crippen molar-refractivity contribution >= 4 is 11.0 Å². The fourth-order valence-corrected chi connectivity index (χ4v) is 1.97. The summed E-state index contributed by atoms with van der Waals surface area (Å²) in [5.74, 6) is -1.09. The number of nitrogens with zero attached hydrogens (tertiary/aromatic N) is 1. The molecule has 0 radical (unpaired) electrons. The molecular formula is C11H10F2N2O. The zero-order chi connectivity index (χ0) is 11.1. The number of benzene rings is 1. The van der Waals surface area contributed by atoms with Crippen molar-refractivity contribution < 1.29 is 13.5 Å². The lowest BCUT2D eigenvalue weighted by Gasteiger charge is -2.03. The molecule has 16 heavy (non-hydrogen) atoms. The Morgan fingerprint density at radius 3 is 2.88 bits per heavy atom. The molecule has 0 amide bonds. The van der Waals surface area contributed by atoms with E-state index in [-0.39, 0.29) is 6.10 Å². The fraction of sp³-hybridized carbons (Fsp3) is 0.364. The van der Waals surface area contributed by atoms with E-state index in [1.54, 1.807) is 0 Å². The van der Waals surface area contributed by atoms with Crippen LogP contribution >= 0.6 is 0 Å². The summed E-state index contributed by atoms with van der Waals surface area (Å²) in [5, 5.41) is 0. The standard InChI is InChI=1S/C11H10F2N2O/c12-6-4-8-9(5-7(6)13)15-11(14-8)10-2-1-3-16-10/h4-5,10H,1-3H2,(H,14,15). The number of fused-ring (bicyclic) bond motifs is 1. The van der Waals surface area contributed by atoms with Gasteiger partial charge in [-0.25, -0.2) is 13.8 Å².